The van der Waals surface area contributed by atoms with E-state index in [4.69, 9.17) is 4.52 Å². The van der Waals surface area contributed by atoms with Crippen molar-refractivity contribution in [1.82, 2.24) is 9.88 Å². The van der Waals surface area contributed by atoms with E-state index in [-0.39, 0.29) is 12.3 Å². The minimum atomic E-state index is -3.47. The summed E-state index contributed by atoms with van der Waals surface area (Å²) in [5, 5.41) is 4.56. The van der Waals surface area contributed by atoms with Crippen LogP contribution in [0.4, 0.5) is 0 Å². The highest BCUT2D eigenvalue weighted by atomic mass is 32.2. The first kappa shape index (κ1) is 15.5. The number of aromatic nitrogens is 1. The van der Waals surface area contributed by atoms with Gasteiger partial charge in [-0.3, -0.25) is 0 Å². The summed E-state index contributed by atoms with van der Waals surface area (Å²) in [6.07, 6.45) is 3.64. The van der Waals surface area contributed by atoms with Crippen LogP contribution in [0.1, 0.15) is 11.3 Å². The minimum absolute atomic E-state index is 0.205. The van der Waals surface area contributed by atoms with Crippen molar-refractivity contribution in [1.29, 1.82) is 0 Å². The molecule has 3 aromatic rings. The lowest BCUT2D eigenvalue weighted by molar-refractivity contribution is 0.448. The molecule has 0 bridgehead atoms. The van der Waals surface area contributed by atoms with Crippen LogP contribution in [0, 0.1) is 0 Å². The van der Waals surface area contributed by atoms with Gasteiger partial charge in [-0.2, -0.15) is 0 Å². The largest absolute Gasteiger partial charge is 0.356 e. The van der Waals surface area contributed by atoms with Crippen molar-refractivity contribution in [3.63, 3.8) is 0 Å². The quantitative estimate of drug-likeness (QED) is 0.755. The molecule has 0 spiro atoms. The first-order valence-corrected chi connectivity index (χ1v) is 8.81. The molecule has 0 atom stereocenters. The predicted molar refractivity (Wildman–Crippen MR) is 90.1 cm³/mol. The Morgan fingerprint density at radius 1 is 1.04 bits per heavy atom. The van der Waals surface area contributed by atoms with Gasteiger partial charge in [0.15, 0.2) is 5.58 Å². The van der Waals surface area contributed by atoms with Crippen LogP contribution >= 0.6 is 0 Å². The van der Waals surface area contributed by atoms with E-state index < -0.39 is 10.0 Å². The Morgan fingerprint density at radius 2 is 1.78 bits per heavy atom. The van der Waals surface area contributed by atoms with Gasteiger partial charge < -0.3 is 4.52 Å². The highest BCUT2D eigenvalue weighted by molar-refractivity contribution is 7.88. The third kappa shape index (κ3) is 4.06. The topological polar surface area (TPSA) is 72.2 Å². The number of sulfonamides is 1. The average Bonchev–Trinajstić information content (AvgIpc) is 2.95. The third-order valence-electron chi connectivity index (χ3n) is 3.31. The van der Waals surface area contributed by atoms with Gasteiger partial charge in [-0.1, -0.05) is 59.8 Å². The van der Waals surface area contributed by atoms with Gasteiger partial charge in [0.2, 0.25) is 10.0 Å². The van der Waals surface area contributed by atoms with E-state index in [0.29, 0.717) is 11.3 Å². The van der Waals surface area contributed by atoms with Crippen molar-refractivity contribution >= 4 is 27.1 Å². The van der Waals surface area contributed by atoms with E-state index >= 15 is 0 Å². The van der Waals surface area contributed by atoms with Crippen molar-refractivity contribution in [3.05, 3.63) is 71.9 Å². The summed E-state index contributed by atoms with van der Waals surface area (Å²) >= 11 is 0. The second-order valence-electron chi connectivity index (χ2n) is 5.05. The molecule has 1 aromatic heterocycles. The van der Waals surface area contributed by atoms with Crippen LogP contribution in [-0.2, 0) is 15.8 Å². The van der Waals surface area contributed by atoms with Gasteiger partial charge in [-0.05, 0) is 17.7 Å². The number of hydrogen-bond donors (Lipinski definition) is 1. The lowest BCUT2D eigenvalue weighted by Crippen LogP contribution is -2.25. The van der Waals surface area contributed by atoms with Gasteiger partial charge in [0, 0.05) is 11.9 Å². The van der Waals surface area contributed by atoms with Crippen LogP contribution in [0.2, 0.25) is 0 Å². The van der Waals surface area contributed by atoms with Gasteiger partial charge in [0.1, 0.15) is 11.4 Å². The number of nitrogens with zero attached hydrogens (tertiary/aromatic N) is 1. The van der Waals surface area contributed by atoms with E-state index in [1.807, 2.05) is 48.5 Å². The summed E-state index contributed by atoms with van der Waals surface area (Å²) in [5.74, 6) is -0.205. The molecule has 118 valence electrons. The second kappa shape index (κ2) is 6.76. The van der Waals surface area contributed by atoms with E-state index in [2.05, 4.69) is 9.88 Å². The number of nitrogens with one attached hydrogen (secondary N) is 1. The van der Waals surface area contributed by atoms with Crippen molar-refractivity contribution in [2.45, 2.75) is 5.75 Å². The highest BCUT2D eigenvalue weighted by Crippen LogP contribution is 2.19. The Labute approximate surface area is 134 Å². The molecule has 1 heterocycles. The molecular formula is C17H16N2O3S. The number of para-hydroxylation sites is 1. The maximum absolute atomic E-state index is 12.1. The summed E-state index contributed by atoms with van der Waals surface area (Å²) < 4.78 is 31.9. The fourth-order valence-corrected chi connectivity index (χ4v) is 3.23. The molecule has 0 fully saturated rings. The first-order valence-electron chi connectivity index (χ1n) is 7.16. The highest BCUT2D eigenvalue weighted by Gasteiger charge is 2.16. The number of benzene rings is 2. The molecule has 0 unspecified atom stereocenters. The van der Waals surface area contributed by atoms with Crippen molar-refractivity contribution < 1.29 is 12.9 Å². The maximum Gasteiger partial charge on any atom is 0.217 e. The molecule has 3 rings (SSSR count). The van der Waals surface area contributed by atoms with Crippen LogP contribution in [0.3, 0.4) is 0 Å². The molecule has 0 saturated heterocycles. The fourth-order valence-electron chi connectivity index (χ4n) is 2.21. The Hall–Kier alpha value is -2.44. The minimum Gasteiger partial charge on any atom is -0.356 e. The second-order valence-corrected chi connectivity index (χ2v) is 6.85. The SMILES string of the molecule is O=S(=O)(Cc1noc2ccccc12)NC/C=C/c1ccccc1. The van der Waals surface area contributed by atoms with Gasteiger partial charge >= 0.3 is 0 Å². The first-order chi connectivity index (χ1) is 11.1. The number of hydrogen-bond acceptors (Lipinski definition) is 4. The van der Waals surface area contributed by atoms with Crippen molar-refractivity contribution in [2.75, 3.05) is 6.54 Å². The predicted octanol–water partition coefficient (Wildman–Crippen LogP) is 2.96. The van der Waals surface area contributed by atoms with Crippen LogP contribution in [0.15, 0.2) is 65.2 Å². The Bertz CT molecular complexity index is 915. The van der Waals surface area contributed by atoms with Gasteiger partial charge in [-0.25, -0.2) is 13.1 Å². The van der Waals surface area contributed by atoms with Crippen LogP contribution in [0.25, 0.3) is 17.0 Å². The lowest BCUT2D eigenvalue weighted by Gasteiger charge is -2.02. The van der Waals surface area contributed by atoms with Crippen LogP contribution in [0.5, 0.6) is 0 Å². The summed E-state index contributed by atoms with van der Waals surface area (Å²) in [4.78, 5) is 0. The van der Waals surface area contributed by atoms with Crippen molar-refractivity contribution in [2.24, 2.45) is 0 Å². The van der Waals surface area contributed by atoms with Gasteiger partial charge in [-0.15, -0.1) is 0 Å². The molecule has 0 aliphatic carbocycles. The normalized spacial score (nSPS) is 12.2. The zero-order valence-corrected chi connectivity index (χ0v) is 13.2. The molecule has 0 aliphatic rings. The molecule has 0 saturated carbocycles. The third-order valence-corrected chi connectivity index (χ3v) is 4.57. The summed E-state index contributed by atoms with van der Waals surface area (Å²) in [6.45, 7) is 0.229. The van der Waals surface area contributed by atoms with Crippen LogP contribution in [-0.4, -0.2) is 20.1 Å². The average molecular weight is 328 g/mol. The van der Waals surface area contributed by atoms with E-state index in [0.717, 1.165) is 10.9 Å². The number of rotatable bonds is 6. The zero-order valence-electron chi connectivity index (χ0n) is 12.3. The molecular weight excluding hydrogens is 312 g/mol. The Kier molecular flexibility index (Phi) is 4.55. The summed E-state index contributed by atoms with van der Waals surface area (Å²) in [6, 6.07) is 16.9. The molecule has 0 aliphatic heterocycles. The van der Waals surface area contributed by atoms with E-state index in [1.165, 1.54) is 0 Å². The molecule has 0 amide bonds. The van der Waals surface area contributed by atoms with Gasteiger partial charge in [0.05, 0.1) is 0 Å². The van der Waals surface area contributed by atoms with E-state index in [1.54, 1.807) is 18.2 Å². The Balaban J connectivity index is 1.62. The molecule has 23 heavy (non-hydrogen) atoms. The molecule has 1 N–H and O–H groups in total. The maximum atomic E-state index is 12.1. The smallest absolute Gasteiger partial charge is 0.217 e. The molecule has 5 nitrogen and oxygen atoms in total. The van der Waals surface area contributed by atoms with Crippen LogP contribution < -0.4 is 4.72 Å². The number of fused-ring (bicyclic) bond motifs is 1. The molecule has 0 radical (unpaired) electrons. The standard InChI is InChI=1S/C17H16N2O3S/c20-23(21,18-12-6-9-14-7-2-1-3-8-14)13-16-15-10-4-5-11-17(15)22-19-16/h1-11,18H,12-13H2/b9-6+. The van der Waals surface area contributed by atoms with E-state index in [9.17, 15) is 8.42 Å². The molecule has 2 aromatic carbocycles. The molecule has 6 heteroatoms. The lowest BCUT2D eigenvalue weighted by atomic mass is 10.2. The fraction of sp³-hybridized carbons (Fsp3) is 0.118. The summed E-state index contributed by atoms with van der Waals surface area (Å²) in [5.41, 5.74) is 2.02. The monoisotopic (exact) mass is 328 g/mol. The summed E-state index contributed by atoms with van der Waals surface area (Å²) in [7, 11) is -3.47. The Morgan fingerprint density at radius 3 is 2.61 bits per heavy atom. The zero-order chi connectivity index (χ0) is 16.1. The van der Waals surface area contributed by atoms with Gasteiger partial charge in [0.25, 0.3) is 0 Å². The van der Waals surface area contributed by atoms with Crippen molar-refractivity contribution in [3.8, 4) is 0 Å².